The molecule has 1 aliphatic rings. The van der Waals surface area contributed by atoms with Crippen LogP contribution in [0.3, 0.4) is 0 Å². The highest BCUT2D eigenvalue weighted by atomic mass is 32.2. The van der Waals surface area contributed by atoms with E-state index >= 15 is 0 Å². The van der Waals surface area contributed by atoms with Crippen LogP contribution in [0.15, 0.2) is 53.9 Å². The lowest BCUT2D eigenvalue weighted by atomic mass is 10.1. The predicted molar refractivity (Wildman–Crippen MR) is 93.9 cm³/mol. The predicted octanol–water partition coefficient (Wildman–Crippen LogP) is 3.26. The number of sulfonamides is 1. The third-order valence-corrected chi connectivity index (χ3v) is 5.62. The zero-order valence-corrected chi connectivity index (χ0v) is 15.2. The van der Waals surface area contributed by atoms with E-state index in [0.717, 1.165) is 15.8 Å². The van der Waals surface area contributed by atoms with Gasteiger partial charge in [-0.05, 0) is 23.8 Å². The first-order valence-corrected chi connectivity index (χ1v) is 9.51. The number of nitrogens with zero attached hydrogens (tertiary/aromatic N) is 2. The van der Waals surface area contributed by atoms with Gasteiger partial charge in [-0.2, -0.15) is 17.5 Å². The molecule has 1 saturated heterocycles. The number of rotatable bonds is 6. The van der Waals surface area contributed by atoms with Crippen LogP contribution in [-0.4, -0.2) is 37.9 Å². The molecule has 0 spiro atoms. The highest BCUT2D eigenvalue weighted by molar-refractivity contribution is 7.92. The van der Waals surface area contributed by atoms with Crippen LogP contribution >= 0.6 is 0 Å². The standard InChI is InChI=1S/C18H17F3N2O3S/c1-23(27(24,25)11-10-14-6-3-2-4-7-14)12-17(13-26-17)15-8-5-9-16(22-15)18(19,20)21/h2-11H,12-13H2,1H3. The third-order valence-electron chi connectivity index (χ3n) is 4.14. The lowest BCUT2D eigenvalue weighted by molar-refractivity contribution is -0.141. The molecule has 0 aliphatic carbocycles. The summed E-state index contributed by atoms with van der Waals surface area (Å²) in [5.74, 6) is 0. The second kappa shape index (κ2) is 7.06. The summed E-state index contributed by atoms with van der Waals surface area (Å²) in [5.41, 5.74) is -1.42. The summed E-state index contributed by atoms with van der Waals surface area (Å²) in [6, 6.07) is 12.4. The van der Waals surface area contributed by atoms with Crippen molar-refractivity contribution in [2.75, 3.05) is 20.2 Å². The van der Waals surface area contributed by atoms with Crippen molar-refractivity contribution in [2.24, 2.45) is 0 Å². The van der Waals surface area contributed by atoms with E-state index in [4.69, 9.17) is 4.74 Å². The highest BCUT2D eigenvalue weighted by Gasteiger charge is 2.50. The van der Waals surface area contributed by atoms with Gasteiger partial charge >= 0.3 is 6.18 Å². The zero-order valence-electron chi connectivity index (χ0n) is 14.3. The Morgan fingerprint density at radius 1 is 1.19 bits per heavy atom. The second-order valence-electron chi connectivity index (χ2n) is 6.20. The molecule has 1 aromatic carbocycles. The van der Waals surface area contributed by atoms with E-state index in [9.17, 15) is 21.6 Å². The van der Waals surface area contributed by atoms with Gasteiger partial charge in [-0.3, -0.25) is 0 Å². The smallest absolute Gasteiger partial charge is 0.361 e. The number of hydrogen-bond donors (Lipinski definition) is 0. The van der Waals surface area contributed by atoms with E-state index in [0.29, 0.717) is 5.56 Å². The molecule has 27 heavy (non-hydrogen) atoms. The van der Waals surface area contributed by atoms with Gasteiger partial charge in [-0.25, -0.2) is 13.4 Å². The molecule has 0 N–H and O–H groups in total. The second-order valence-corrected chi connectivity index (χ2v) is 8.13. The molecule has 0 radical (unpaired) electrons. The van der Waals surface area contributed by atoms with Gasteiger partial charge in [0, 0.05) is 12.5 Å². The maximum absolute atomic E-state index is 12.9. The molecule has 1 atom stereocenters. The highest BCUT2D eigenvalue weighted by Crippen LogP contribution is 2.40. The first-order valence-electron chi connectivity index (χ1n) is 8.01. The maximum Gasteiger partial charge on any atom is 0.433 e. The molecule has 5 nitrogen and oxygen atoms in total. The van der Waals surface area contributed by atoms with E-state index < -0.39 is 27.5 Å². The van der Waals surface area contributed by atoms with Crippen molar-refractivity contribution in [1.29, 1.82) is 0 Å². The number of hydrogen-bond acceptors (Lipinski definition) is 4. The van der Waals surface area contributed by atoms with Gasteiger partial charge in [0.2, 0.25) is 10.0 Å². The number of ether oxygens (including phenoxy) is 1. The molecule has 144 valence electrons. The summed E-state index contributed by atoms with van der Waals surface area (Å²) in [4.78, 5) is 3.62. The van der Waals surface area contributed by atoms with E-state index in [1.54, 1.807) is 24.3 Å². The van der Waals surface area contributed by atoms with Gasteiger partial charge in [0.15, 0.2) is 0 Å². The largest absolute Gasteiger partial charge is 0.433 e. The Hall–Kier alpha value is -2.23. The Morgan fingerprint density at radius 2 is 1.85 bits per heavy atom. The third kappa shape index (κ3) is 4.55. The number of alkyl halides is 3. The normalized spacial score (nSPS) is 20.3. The molecule has 9 heteroatoms. The van der Waals surface area contributed by atoms with Gasteiger partial charge in [-0.15, -0.1) is 0 Å². The summed E-state index contributed by atoms with van der Waals surface area (Å²) < 4.78 is 69.9. The first-order chi connectivity index (χ1) is 12.6. The minimum atomic E-state index is -4.58. The number of aromatic nitrogens is 1. The fourth-order valence-electron chi connectivity index (χ4n) is 2.54. The average molecular weight is 398 g/mol. The van der Waals surface area contributed by atoms with Gasteiger partial charge < -0.3 is 4.74 Å². The Labute approximate surface area is 155 Å². The van der Waals surface area contributed by atoms with Gasteiger partial charge in [-0.1, -0.05) is 36.4 Å². The molecule has 0 bridgehead atoms. The summed E-state index contributed by atoms with van der Waals surface area (Å²) in [6.45, 7) is -0.0354. The number of benzene rings is 1. The number of likely N-dealkylation sites (N-methyl/N-ethyl adjacent to an activating group) is 1. The zero-order chi connectivity index (χ0) is 19.7. The molecule has 2 aromatic rings. The molecule has 0 saturated carbocycles. The lowest BCUT2D eigenvalue weighted by Gasteiger charge is -2.20. The van der Waals surface area contributed by atoms with Crippen molar-refractivity contribution in [3.05, 3.63) is 70.9 Å². The molecular formula is C18H17F3N2O3S. The molecule has 1 fully saturated rings. The quantitative estimate of drug-likeness (QED) is 0.701. The molecule has 1 aromatic heterocycles. The average Bonchev–Trinajstić information content (AvgIpc) is 3.41. The van der Waals surface area contributed by atoms with Crippen LogP contribution in [0.25, 0.3) is 6.08 Å². The minimum Gasteiger partial charge on any atom is -0.361 e. The van der Waals surface area contributed by atoms with Crippen molar-refractivity contribution in [2.45, 2.75) is 11.8 Å². The van der Waals surface area contributed by atoms with E-state index in [-0.39, 0.29) is 18.8 Å². The van der Waals surface area contributed by atoms with Crippen LogP contribution < -0.4 is 0 Å². The SMILES string of the molecule is CN(CC1(c2cccc(C(F)(F)F)n2)CO1)S(=O)(=O)C=Cc1ccccc1. The van der Waals surface area contributed by atoms with Crippen LogP contribution in [-0.2, 0) is 26.5 Å². The Kier molecular flexibility index (Phi) is 5.11. The Balaban J connectivity index is 1.77. The van der Waals surface area contributed by atoms with Gasteiger partial charge in [0.05, 0.1) is 18.8 Å². The van der Waals surface area contributed by atoms with Crippen LogP contribution in [0.2, 0.25) is 0 Å². The summed E-state index contributed by atoms with van der Waals surface area (Å²) in [7, 11) is -2.43. The number of halogens is 3. The Bertz CT molecular complexity index is 940. The molecule has 1 aliphatic heterocycles. The van der Waals surface area contributed by atoms with Crippen LogP contribution in [0, 0.1) is 0 Å². The topological polar surface area (TPSA) is 62.8 Å². The van der Waals surface area contributed by atoms with Crippen LogP contribution in [0.1, 0.15) is 17.0 Å². The number of epoxide rings is 1. The van der Waals surface area contributed by atoms with Crippen LogP contribution in [0.5, 0.6) is 0 Å². The number of pyridine rings is 1. The molecule has 2 heterocycles. The maximum atomic E-state index is 12.9. The fraction of sp³-hybridized carbons (Fsp3) is 0.278. The van der Waals surface area contributed by atoms with E-state index in [1.807, 2.05) is 6.07 Å². The van der Waals surface area contributed by atoms with Crippen LogP contribution in [0.4, 0.5) is 13.2 Å². The van der Waals surface area contributed by atoms with Crippen molar-refractivity contribution in [3.8, 4) is 0 Å². The summed E-state index contributed by atoms with van der Waals surface area (Å²) >= 11 is 0. The molecule has 3 rings (SSSR count). The van der Waals surface area contributed by atoms with Crippen molar-refractivity contribution < 1.29 is 26.3 Å². The summed E-state index contributed by atoms with van der Waals surface area (Å²) in [5, 5.41) is 1.05. The first kappa shape index (κ1) is 19.5. The summed E-state index contributed by atoms with van der Waals surface area (Å²) in [6.07, 6.45) is -3.13. The monoisotopic (exact) mass is 398 g/mol. The lowest BCUT2D eigenvalue weighted by Crippen LogP contribution is -2.34. The molecular weight excluding hydrogens is 381 g/mol. The molecule has 0 amide bonds. The Morgan fingerprint density at radius 3 is 2.44 bits per heavy atom. The fourth-order valence-corrected chi connectivity index (χ4v) is 3.46. The molecule has 1 unspecified atom stereocenters. The van der Waals surface area contributed by atoms with Gasteiger partial charge in [0.1, 0.15) is 11.3 Å². The van der Waals surface area contributed by atoms with Crippen molar-refractivity contribution in [1.82, 2.24) is 9.29 Å². The minimum absolute atomic E-state index is 0.0615. The van der Waals surface area contributed by atoms with E-state index in [1.165, 1.54) is 25.3 Å². The van der Waals surface area contributed by atoms with Gasteiger partial charge in [0.25, 0.3) is 0 Å². The van der Waals surface area contributed by atoms with Crippen molar-refractivity contribution >= 4 is 16.1 Å². The van der Waals surface area contributed by atoms with Crippen molar-refractivity contribution in [3.63, 3.8) is 0 Å². The van der Waals surface area contributed by atoms with E-state index in [2.05, 4.69) is 4.98 Å².